The zero-order valence-electron chi connectivity index (χ0n) is 31.1. The molecule has 2 nitrogen and oxygen atoms in total. The predicted octanol–water partition coefficient (Wildman–Crippen LogP) is 12.5. The second kappa shape index (κ2) is 12.7. The standard InChI is InChI=1S/C51H37N2PS2/c1-34-25-28-43-41(31-34)51(39-19-9-13-23-49(39)56-50-24-14-10-20-40(50)51)42-32-35(2)26-29-44(42)53(43)37-27-30-48-46(33-37)52(36-15-5-3-6-16-36)45-21-11-12-22-47(45)54(48,55)38-17-7-4-8-18-38/h3-33H,1-2H3. The highest BCUT2D eigenvalue weighted by Gasteiger charge is 2.50. The second-order valence-corrected chi connectivity index (χ2v) is 20.4. The number of rotatable bonds is 3. The Kier molecular flexibility index (Phi) is 7.63. The van der Waals surface area contributed by atoms with E-state index in [9.17, 15) is 0 Å². The highest BCUT2D eigenvalue weighted by molar-refractivity contribution is 8.25. The van der Waals surface area contributed by atoms with Gasteiger partial charge in [-0.3, -0.25) is 0 Å². The lowest BCUT2D eigenvalue weighted by molar-refractivity contribution is 0.690. The van der Waals surface area contributed by atoms with Crippen molar-refractivity contribution in [3.8, 4) is 0 Å². The maximum absolute atomic E-state index is 7.01. The van der Waals surface area contributed by atoms with E-state index in [-0.39, 0.29) is 0 Å². The molecule has 5 heteroatoms. The molecule has 268 valence electrons. The number of para-hydroxylation sites is 2. The molecule has 0 amide bonds. The molecule has 1 unspecified atom stereocenters. The number of nitrogens with zero attached hydrogens (tertiary/aromatic N) is 2. The van der Waals surface area contributed by atoms with Crippen molar-refractivity contribution in [2.24, 2.45) is 0 Å². The molecule has 8 aromatic rings. The predicted molar refractivity (Wildman–Crippen MR) is 241 cm³/mol. The molecule has 0 saturated carbocycles. The third kappa shape index (κ3) is 4.67. The smallest absolute Gasteiger partial charge is 0.0764 e. The average molecular weight is 773 g/mol. The monoisotopic (exact) mass is 772 g/mol. The Bertz CT molecular complexity index is 2820. The van der Waals surface area contributed by atoms with Gasteiger partial charge >= 0.3 is 0 Å². The van der Waals surface area contributed by atoms with E-state index in [1.54, 1.807) is 0 Å². The van der Waals surface area contributed by atoms with Gasteiger partial charge in [0.05, 0.1) is 28.2 Å². The van der Waals surface area contributed by atoms with Crippen LogP contribution in [0.25, 0.3) is 0 Å². The van der Waals surface area contributed by atoms with Crippen LogP contribution in [0.15, 0.2) is 198 Å². The maximum Gasteiger partial charge on any atom is 0.0764 e. The van der Waals surface area contributed by atoms with Crippen molar-refractivity contribution in [1.82, 2.24) is 0 Å². The summed E-state index contributed by atoms with van der Waals surface area (Å²) < 4.78 is 0. The molecule has 0 fully saturated rings. The molecule has 1 atom stereocenters. The van der Waals surface area contributed by atoms with Crippen LogP contribution in [0, 0.1) is 13.8 Å². The maximum atomic E-state index is 7.01. The normalized spacial score (nSPS) is 16.9. The summed E-state index contributed by atoms with van der Waals surface area (Å²) in [5.74, 6) is 0. The Morgan fingerprint density at radius 1 is 0.429 bits per heavy atom. The van der Waals surface area contributed by atoms with E-state index in [4.69, 9.17) is 11.8 Å². The summed E-state index contributed by atoms with van der Waals surface area (Å²) in [6, 6.07) is 67.2. The third-order valence-electron chi connectivity index (χ3n) is 11.8. The van der Waals surface area contributed by atoms with E-state index in [2.05, 4.69) is 212 Å². The fraction of sp³-hybridized carbons (Fsp3) is 0.0588. The molecule has 0 N–H and O–H groups in total. The number of anilines is 6. The Hall–Kier alpha value is -5.64. The van der Waals surface area contributed by atoms with Gasteiger partial charge in [-0.15, -0.1) is 0 Å². The molecule has 3 heterocycles. The first-order valence-electron chi connectivity index (χ1n) is 19.1. The molecule has 0 saturated heterocycles. The Balaban J connectivity index is 1.22. The van der Waals surface area contributed by atoms with E-state index in [1.165, 1.54) is 70.5 Å². The number of hydrogen-bond acceptors (Lipinski definition) is 4. The SMILES string of the molecule is Cc1ccc2c(c1)C1(c3ccccc3Sc3ccccc31)c1cc(C)ccc1N2c1ccc2c(c1)N(c1ccccc1)c1ccccc1P2(=S)c1ccccc1. The van der Waals surface area contributed by atoms with Crippen LogP contribution < -0.4 is 25.7 Å². The van der Waals surface area contributed by atoms with Gasteiger partial charge in [0.15, 0.2) is 0 Å². The Labute approximate surface area is 338 Å². The van der Waals surface area contributed by atoms with Gasteiger partial charge in [-0.05, 0) is 102 Å². The van der Waals surface area contributed by atoms with Gasteiger partial charge < -0.3 is 9.80 Å². The van der Waals surface area contributed by atoms with Crippen LogP contribution in [0.2, 0.25) is 0 Å². The van der Waals surface area contributed by atoms with Crippen molar-refractivity contribution in [3.63, 3.8) is 0 Å². The molecule has 0 radical (unpaired) electrons. The van der Waals surface area contributed by atoms with Crippen molar-refractivity contribution in [2.75, 3.05) is 9.80 Å². The summed E-state index contributed by atoms with van der Waals surface area (Å²) >= 11 is 8.90. The Morgan fingerprint density at radius 2 is 0.946 bits per heavy atom. The van der Waals surface area contributed by atoms with E-state index < -0.39 is 11.5 Å². The molecule has 3 aliphatic rings. The van der Waals surface area contributed by atoms with Crippen molar-refractivity contribution < 1.29 is 0 Å². The lowest BCUT2D eigenvalue weighted by atomic mass is 9.61. The fourth-order valence-corrected chi connectivity index (χ4v) is 14.9. The van der Waals surface area contributed by atoms with Gasteiger partial charge in [0, 0.05) is 37.8 Å². The van der Waals surface area contributed by atoms with Gasteiger partial charge in [0.25, 0.3) is 0 Å². The zero-order valence-corrected chi connectivity index (χ0v) is 33.6. The molecular formula is C51H37N2PS2. The number of hydrogen-bond donors (Lipinski definition) is 0. The molecule has 11 rings (SSSR count). The first-order valence-corrected chi connectivity index (χ1v) is 22.7. The van der Waals surface area contributed by atoms with Crippen LogP contribution in [-0.2, 0) is 17.2 Å². The summed E-state index contributed by atoms with van der Waals surface area (Å²) in [5.41, 5.74) is 14.1. The van der Waals surface area contributed by atoms with E-state index >= 15 is 0 Å². The molecule has 0 aromatic heterocycles. The molecule has 1 spiro atoms. The number of benzene rings is 8. The van der Waals surface area contributed by atoms with Crippen molar-refractivity contribution in [3.05, 3.63) is 221 Å². The van der Waals surface area contributed by atoms with Gasteiger partial charge in [-0.25, -0.2) is 0 Å². The summed E-state index contributed by atoms with van der Waals surface area (Å²) in [6.45, 7) is 4.45. The minimum atomic E-state index is -2.44. The molecule has 3 aliphatic heterocycles. The fourth-order valence-electron chi connectivity index (χ4n) is 9.46. The van der Waals surface area contributed by atoms with Crippen molar-refractivity contribution >= 4 is 79.6 Å². The van der Waals surface area contributed by atoms with Crippen LogP contribution in [0.5, 0.6) is 0 Å². The molecular weight excluding hydrogens is 736 g/mol. The van der Waals surface area contributed by atoms with Crippen LogP contribution in [0.1, 0.15) is 33.4 Å². The molecule has 56 heavy (non-hydrogen) atoms. The number of fused-ring (bicyclic) bond motifs is 10. The van der Waals surface area contributed by atoms with Gasteiger partial charge in [-0.2, -0.15) is 0 Å². The van der Waals surface area contributed by atoms with E-state index in [1.807, 2.05) is 11.8 Å². The van der Waals surface area contributed by atoms with Gasteiger partial charge in [-0.1, -0.05) is 162 Å². The summed E-state index contributed by atoms with van der Waals surface area (Å²) in [7, 11) is 0. The molecule has 0 aliphatic carbocycles. The quantitative estimate of drug-likeness (QED) is 0.165. The second-order valence-electron chi connectivity index (χ2n) is 15.0. The summed E-state index contributed by atoms with van der Waals surface area (Å²) in [4.78, 5) is 7.55. The first kappa shape index (κ1) is 33.7. The first-order chi connectivity index (χ1) is 27.5. The molecule has 8 aromatic carbocycles. The van der Waals surface area contributed by atoms with Crippen LogP contribution in [-0.4, -0.2) is 0 Å². The number of aryl methyl sites for hydroxylation is 2. The van der Waals surface area contributed by atoms with Crippen molar-refractivity contribution in [2.45, 2.75) is 29.1 Å². The minimum absolute atomic E-state index is 0.504. The topological polar surface area (TPSA) is 6.48 Å². The van der Waals surface area contributed by atoms with Gasteiger partial charge in [0.1, 0.15) is 0 Å². The largest absolute Gasteiger partial charge is 0.310 e. The van der Waals surface area contributed by atoms with Crippen molar-refractivity contribution in [1.29, 1.82) is 0 Å². The summed E-state index contributed by atoms with van der Waals surface area (Å²) in [6.07, 6.45) is 0. The Morgan fingerprint density at radius 3 is 1.59 bits per heavy atom. The molecule has 0 bridgehead atoms. The van der Waals surface area contributed by atoms with Crippen LogP contribution in [0.4, 0.5) is 34.1 Å². The van der Waals surface area contributed by atoms with E-state index in [0.717, 1.165) is 22.7 Å². The van der Waals surface area contributed by atoms with E-state index in [0.29, 0.717) is 0 Å². The average Bonchev–Trinajstić information content (AvgIpc) is 3.24. The minimum Gasteiger partial charge on any atom is -0.310 e. The highest BCUT2D eigenvalue weighted by atomic mass is 32.4. The van der Waals surface area contributed by atoms with Crippen LogP contribution >= 0.6 is 17.8 Å². The lowest BCUT2D eigenvalue weighted by Crippen LogP contribution is -2.40. The highest BCUT2D eigenvalue weighted by Crippen LogP contribution is 2.63. The zero-order chi connectivity index (χ0) is 37.6. The third-order valence-corrected chi connectivity index (χ3v) is 17.9. The lowest BCUT2D eigenvalue weighted by Gasteiger charge is -2.49. The summed E-state index contributed by atoms with van der Waals surface area (Å²) in [5, 5.41) is 3.64. The van der Waals surface area contributed by atoms with Crippen LogP contribution in [0.3, 0.4) is 0 Å². The van der Waals surface area contributed by atoms with Gasteiger partial charge in [0.2, 0.25) is 0 Å².